The number of benzene rings is 3. The molecule has 8 nitrogen and oxygen atoms in total. The molecule has 0 unspecified atom stereocenters. The summed E-state index contributed by atoms with van der Waals surface area (Å²) in [4.78, 5) is 27.6. The van der Waals surface area contributed by atoms with E-state index in [-0.39, 0.29) is 36.1 Å². The van der Waals surface area contributed by atoms with Crippen LogP contribution >= 0.6 is 0 Å². The molecule has 0 saturated carbocycles. The number of fused-ring (bicyclic) bond motifs is 2. The van der Waals surface area contributed by atoms with E-state index in [0.717, 1.165) is 5.56 Å². The normalized spacial score (nSPS) is 12.9. The van der Waals surface area contributed by atoms with Gasteiger partial charge in [0, 0.05) is 35.7 Å². The summed E-state index contributed by atoms with van der Waals surface area (Å²) in [6.45, 7) is 1.37. The highest BCUT2D eigenvalue weighted by Crippen LogP contribution is 2.35. The van der Waals surface area contributed by atoms with Gasteiger partial charge in [0.05, 0.1) is 10.4 Å². The lowest BCUT2D eigenvalue weighted by Gasteiger charge is -2.23. The standard InChI is InChI=1S/C26H22N2O6S/c1-17(29)19-8-5-9-22(11-19)35(31,32)28(14-18-6-3-2-4-7-18)15-21-10-20-12-24-25(34-16-33-24)13-23(20)27-26(21)30/h2-13H,14-16H2,1H3,(H,27,30). The first-order chi connectivity index (χ1) is 16.8. The minimum Gasteiger partial charge on any atom is -0.454 e. The number of ketones is 1. The molecule has 1 aromatic heterocycles. The first kappa shape index (κ1) is 22.8. The molecule has 9 heteroatoms. The summed E-state index contributed by atoms with van der Waals surface area (Å²) in [5.74, 6) is 0.867. The third-order valence-electron chi connectivity index (χ3n) is 5.84. The van der Waals surface area contributed by atoms with Crippen LogP contribution in [0.25, 0.3) is 10.9 Å². The van der Waals surface area contributed by atoms with Gasteiger partial charge in [0.25, 0.3) is 5.56 Å². The Balaban J connectivity index is 1.57. The average molecular weight is 491 g/mol. The Hall–Kier alpha value is -3.95. The number of nitrogens with one attached hydrogen (secondary N) is 1. The molecular weight excluding hydrogens is 468 g/mol. The number of aromatic nitrogens is 1. The molecule has 0 radical (unpaired) electrons. The SMILES string of the molecule is CC(=O)c1cccc(S(=O)(=O)N(Cc2ccccc2)Cc2cc3cc4c(cc3[nH]c2=O)OCO4)c1. The molecule has 0 spiro atoms. The third-order valence-corrected chi connectivity index (χ3v) is 7.63. The second kappa shape index (κ2) is 9.01. The fraction of sp³-hybridized carbons (Fsp3) is 0.154. The second-order valence-electron chi connectivity index (χ2n) is 8.26. The number of rotatable bonds is 7. The number of Topliss-reactive ketones (excluding diaryl/α,β-unsaturated/α-hetero) is 1. The van der Waals surface area contributed by atoms with Crippen LogP contribution in [0.5, 0.6) is 11.5 Å². The zero-order valence-corrected chi connectivity index (χ0v) is 19.7. The van der Waals surface area contributed by atoms with Gasteiger partial charge in [-0.2, -0.15) is 4.31 Å². The van der Waals surface area contributed by atoms with Crippen molar-refractivity contribution < 1.29 is 22.7 Å². The van der Waals surface area contributed by atoms with Gasteiger partial charge >= 0.3 is 0 Å². The Morgan fingerprint density at radius 2 is 1.69 bits per heavy atom. The quantitative estimate of drug-likeness (QED) is 0.395. The van der Waals surface area contributed by atoms with Crippen molar-refractivity contribution in [1.29, 1.82) is 0 Å². The van der Waals surface area contributed by atoms with Crippen LogP contribution < -0.4 is 15.0 Å². The van der Waals surface area contributed by atoms with E-state index in [1.165, 1.54) is 29.4 Å². The molecule has 0 fully saturated rings. The molecule has 35 heavy (non-hydrogen) atoms. The van der Waals surface area contributed by atoms with Crippen LogP contribution in [-0.4, -0.2) is 30.3 Å². The molecule has 4 aromatic rings. The van der Waals surface area contributed by atoms with Crippen LogP contribution in [0.2, 0.25) is 0 Å². The van der Waals surface area contributed by atoms with Gasteiger partial charge in [0.1, 0.15) is 0 Å². The zero-order chi connectivity index (χ0) is 24.6. The van der Waals surface area contributed by atoms with Gasteiger partial charge in [-0.1, -0.05) is 42.5 Å². The highest BCUT2D eigenvalue weighted by Gasteiger charge is 2.27. The lowest BCUT2D eigenvalue weighted by Crippen LogP contribution is -2.32. The Morgan fingerprint density at radius 3 is 2.43 bits per heavy atom. The minimum absolute atomic E-state index is 0.0123. The van der Waals surface area contributed by atoms with Gasteiger partial charge in [-0.3, -0.25) is 9.59 Å². The Morgan fingerprint density at radius 1 is 0.943 bits per heavy atom. The lowest BCUT2D eigenvalue weighted by molar-refractivity contribution is 0.101. The number of pyridine rings is 1. The number of nitrogens with zero attached hydrogens (tertiary/aromatic N) is 1. The predicted molar refractivity (Wildman–Crippen MR) is 130 cm³/mol. The van der Waals surface area contributed by atoms with Gasteiger partial charge in [0.15, 0.2) is 17.3 Å². The summed E-state index contributed by atoms with van der Waals surface area (Å²) in [5.41, 5.74) is 1.50. The van der Waals surface area contributed by atoms with Gasteiger partial charge in [0.2, 0.25) is 16.8 Å². The Kier molecular flexibility index (Phi) is 5.88. The molecule has 178 valence electrons. The van der Waals surface area contributed by atoms with E-state index in [2.05, 4.69) is 4.98 Å². The van der Waals surface area contributed by atoms with E-state index >= 15 is 0 Å². The monoisotopic (exact) mass is 490 g/mol. The van der Waals surface area contributed by atoms with Crippen LogP contribution in [0.4, 0.5) is 0 Å². The summed E-state index contributed by atoms with van der Waals surface area (Å²) < 4.78 is 39.5. The molecule has 1 aliphatic rings. The zero-order valence-electron chi connectivity index (χ0n) is 18.9. The molecule has 0 atom stereocenters. The van der Waals surface area contributed by atoms with Crippen LogP contribution in [-0.2, 0) is 23.1 Å². The molecule has 0 saturated heterocycles. The predicted octanol–water partition coefficient (Wildman–Crippen LogP) is 3.85. The smallest absolute Gasteiger partial charge is 0.252 e. The van der Waals surface area contributed by atoms with E-state index < -0.39 is 15.6 Å². The van der Waals surface area contributed by atoms with E-state index in [4.69, 9.17) is 9.47 Å². The number of carbonyl (C=O) groups excluding carboxylic acids is 1. The van der Waals surface area contributed by atoms with Crippen molar-refractivity contribution in [2.75, 3.05) is 6.79 Å². The van der Waals surface area contributed by atoms with E-state index in [1.54, 1.807) is 24.3 Å². The van der Waals surface area contributed by atoms with E-state index in [9.17, 15) is 18.0 Å². The highest BCUT2D eigenvalue weighted by molar-refractivity contribution is 7.89. The van der Waals surface area contributed by atoms with E-state index in [1.807, 2.05) is 30.3 Å². The topological polar surface area (TPSA) is 106 Å². The van der Waals surface area contributed by atoms with E-state index in [0.29, 0.717) is 28.0 Å². The molecule has 2 heterocycles. The summed E-state index contributed by atoms with van der Waals surface area (Å²) >= 11 is 0. The minimum atomic E-state index is -4.05. The van der Waals surface area contributed by atoms with Crippen molar-refractivity contribution in [2.24, 2.45) is 0 Å². The largest absolute Gasteiger partial charge is 0.454 e. The maximum Gasteiger partial charge on any atom is 0.252 e. The lowest BCUT2D eigenvalue weighted by atomic mass is 10.1. The maximum absolute atomic E-state index is 13.7. The van der Waals surface area contributed by atoms with Gasteiger partial charge in [-0.05, 0) is 36.8 Å². The van der Waals surface area contributed by atoms with Crippen molar-refractivity contribution in [1.82, 2.24) is 9.29 Å². The maximum atomic E-state index is 13.7. The van der Waals surface area contributed by atoms with Crippen molar-refractivity contribution in [3.8, 4) is 11.5 Å². The number of ether oxygens (including phenoxy) is 2. The van der Waals surface area contributed by atoms with Crippen LogP contribution in [0, 0.1) is 0 Å². The molecular formula is C26H22N2O6S. The van der Waals surface area contributed by atoms with Gasteiger partial charge in [-0.15, -0.1) is 0 Å². The third kappa shape index (κ3) is 4.55. The van der Waals surface area contributed by atoms with Crippen molar-refractivity contribution in [3.63, 3.8) is 0 Å². The highest BCUT2D eigenvalue weighted by atomic mass is 32.2. The van der Waals surface area contributed by atoms with Gasteiger partial charge < -0.3 is 14.5 Å². The number of hydrogen-bond donors (Lipinski definition) is 1. The number of sulfonamides is 1. The van der Waals surface area contributed by atoms with Crippen LogP contribution in [0.15, 0.2) is 82.5 Å². The molecule has 0 aliphatic carbocycles. The van der Waals surface area contributed by atoms with Crippen LogP contribution in [0.3, 0.4) is 0 Å². The number of aromatic amines is 1. The van der Waals surface area contributed by atoms with Gasteiger partial charge in [-0.25, -0.2) is 8.42 Å². The summed E-state index contributed by atoms with van der Waals surface area (Å²) in [6, 6.07) is 20.1. The fourth-order valence-electron chi connectivity index (χ4n) is 3.99. The molecule has 5 rings (SSSR count). The summed E-state index contributed by atoms with van der Waals surface area (Å²) in [5, 5.41) is 0.694. The molecule has 0 amide bonds. The first-order valence-corrected chi connectivity index (χ1v) is 12.4. The van der Waals surface area contributed by atoms with Crippen molar-refractivity contribution in [3.05, 3.63) is 99.8 Å². The van der Waals surface area contributed by atoms with Crippen molar-refractivity contribution >= 4 is 26.7 Å². The Labute approximate surface area is 201 Å². The molecule has 3 aromatic carbocycles. The number of carbonyl (C=O) groups is 1. The number of hydrogen-bond acceptors (Lipinski definition) is 6. The van der Waals surface area contributed by atoms with Crippen molar-refractivity contribution in [2.45, 2.75) is 24.9 Å². The first-order valence-electron chi connectivity index (χ1n) is 10.9. The second-order valence-corrected chi connectivity index (χ2v) is 10.2. The molecule has 1 N–H and O–H groups in total. The number of H-pyrrole nitrogens is 1. The van der Waals surface area contributed by atoms with Crippen LogP contribution in [0.1, 0.15) is 28.4 Å². The fourth-order valence-corrected chi connectivity index (χ4v) is 5.44. The average Bonchev–Trinajstić information content (AvgIpc) is 3.30. The molecule has 1 aliphatic heterocycles. The summed E-state index contributed by atoms with van der Waals surface area (Å²) in [6.07, 6.45) is 0. The summed E-state index contributed by atoms with van der Waals surface area (Å²) in [7, 11) is -4.05. The Bertz CT molecular complexity index is 1600. The molecule has 0 bridgehead atoms.